The van der Waals surface area contributed by atoms with Crippen molar-refractivity contribution in [1.82, 2.24) is 0 Å². The molecule has 36 heavy (non-hydrogen) atoms. The predicted octanol–water partition coefficient (Wildman–Crippen LogP) is 4.36. The lowest BCUT2D eigenvalue weighted by atomic mass is 9.48. The highest BCUT2D eigenvalue weighted by Gasteiger charge is 2.63. The number of rotatable bonds is 9. The molecule has 0 aromatic heterocycles. The summed E-state index contributed by atoms with van der Waals surface area (Å²) in [5.74, 6) is -1.62. The zero-order valence-corrected chi connectivity index (χ0v) is 26.4. The van der Waals surface area contributed by atoms with Crippen LogP contribution in [0.1, 0.15) is 55.3 Å². The minimum Gasteiger partial charge on any atom is -0.465 e. The van der Waals surface area contributed by atoms with E-state index in [4.69, 9.17) is 18.8 Å². The molecular formula is C23H25I3O9S. The van der Waals surface area contributed by atoms with Crippen LogP contribution in [-0.4, -0.2) is 55.4 Å². The van der Waals surface area contributed by atoms with Gasteiger partial charge in [0.2, 0.25) is 0 Å². The van der Waals surface area contributed by atoms with Crippen LogP contribution in [0.4, 0.5) is 0 Å². The Labute approximate surface area is 250 Å². The summed E-state index contributed by atoms with van der Waals surface area (Å²) < 4.78 is 49.3. The van der Waals surface area contributed by atoms with Crippen LogP contribution in [0.2, 0.25) is 0 Å². The molecule has 4 saturated carbocycles. The molecule has 13 heteroatoms. The molecule has 5 rings (SSSR count). The van der Waals surface area contributed by atoms with E-state index in [0.29, 0.717) is 24.8 Å². The maximum Gasteiger partial charge on any atom is 0.339 e. The van der Waals surface area contributed by atoms with Crippen LogP contribution in [0.5, 0.6) is 0 Å². The van der Waals surface area contributed by atoms with Gasteiger partial charge in [-0.05, 0) is 124 Å². The molecule has 0 saturated heterocycles. The fourth-order valence-electron chi connectivity index (χ4n) is 6.21. The summed E-state index contributed by atoms with van der Waals surface area (Å²) in [5.41, 5.74) is -0.914. The van der Waals surface area contributed by atoms with Gasteiger partial charge in [-0.2, -0.15) is 8.42 Å². The van der Waals surface area contributed by atoms with E-state index >= 15 is 0 Å². The highest BCUT2D eigenvalue weighted by Crippen LogP contribution is 2.63. The Morgan fingerprint density at radius 2 is 1.67 bits per heavy atom. The van der Waals surface area contributed by atoms with Crippen LogP contribution in [0, 0.1) is 28.0 Å². The molecule has 0 radical (unpaired) electrons. The quantitative estimate of drug-likeness (QED) is 0.127. The average molecular weight is 858 g/mol. The number of hydrogen-bond acceptors (Lipinski definition) is 8. The van der Waals surface area contributed by atoms with E-state index in [1.165, 1.54) is 0 Å². The lowest BCUT2D eigenvalue weighted by Gasteiger charge is -2.59. The van der Waals surface area contributed by atoms with Crippen molar-refractivity contribution in [1.29, 1.82) is 0 Å². The molecule has 4 aliphatic rings. The highest BCUT2D eigenvalue weighted by molar-refractivity contribution is 14.1. The maximum absolute atomic E-state index is 13.3. The van der Waals surface area contributed by atoms with Gasteiger partial charge in [0.15, 0.2) is 0 Å². The zero-order chi connectivity index (χ0) is 26.3. The number of carbonyl (C=O) groups is 3. The first-order valence-electron chi connectivity index (χ1n) is 11.5. The van der Waals surface area contributed by atoms with Crippen molar-refractivity contribution in [3.63, 3.8) is 0 Å². The van der Waals surface area contributed by atoms with E-state index in [0.717, 1.165) is 30.0 Å². The zero-order valence-electron chi connectivity index (χ0n) is 19.1. The molecule has 9 nitrogen and oxygen atoms in total. The molecule has 2 atom stereocenters. The SMILES string of the molecule is O=C(CCOC(=O)C12CC3CC(CC(OC(=O)c4cc(I)cc(I)c4I)(C3)C1)C2)OCCS(=O)(=O)O. The van der Waals surface area contributed by atoms with Crippen molar-refractivity contribution in [2.45, 2.75) is 50.5 Å². The van der Waals surface area contributed by atoms with Crippen molar-refractivity contribution in [2.24, 2.45) is 17.3 Å². The van der Waals surface area contributed by atoms with Crippen LogP contribution >= 0.6 is 67.8 Å². The number of esters is 3. The standard InChI is InChI=1S/C23H25I3O9S/c24-15-6-16(19(26)17(25)7-15)20(28)35-23-10-13-5-14(11-23)9-22(8-13,12-23)21(29)34-2-1-18(27)33-3-4-36(30,31)32/h6-7,13-14H,1-5,8-12H2,(H,30,31,32). The number of benzene rings is 1. The van der Waals surface area contributed by atoms with Crippen molar-refractivity contribution < 1.29 is 41.6 Å². The lowest BCUT2D eigenvalue weighted by molar-refractivity contribution is -0.197. The van der Waals surface area contributed by atoms with Gasteiger partial charge in [-0.25, -0.2) is 4.79 Å². The minimum atomic E-state index is -4.22. The monoisotopic (exact) mass is 858 g/mol. The number of carbonyl (C=O) groups excluding carboxylic acids is 3. The first kappa shape index (κ1) is 28.7. The summed E-state index contributed by atoms with van der Waals surface area (Å²) in [4.78, 5) is 38.3. The van der Waals surface area contributed by atoms with Gasteiger partial charge < -0.3 is 14.2 Å². The van der Waals surface area contributed by atoms with Crippen LogP contribution in [0.3, 0.4) is 0 Å². The lowest BCUT2D eigenvalue weighted by Crippen LogP contribution is -2.60. The molecule has 0 heterocycles. The molecule has 2 unspecified atom stereocenters. The summed E-state index contributed by atoms with van der Waals surface area (Å²) in [7, 11) is -4.22. The first-order chi connectivity index (χ1) is 16.8. The smallest absolute Gasteiger partial charge is 0.339 e. The van der Waals surface area contributed by atoms with Gasteiger partial charge >= 0.3 is 17.9 Å². The third-order valence-corrected chi connectivity index (χ3v) is 11.5. The summed E-state index contributed by atoms with van der Waals surface area (Å²) in [5, 5.41) is 0. The molecule has 0 aliphatic heterocycles. The second-order valence-electron chi connectivity index (χ2n) is 9.96. The molecule has 4 aliphatic carbocycles. The Morgan fingerprint density at radius 3 is 2.31 bits per heavy atom. The number of halogens is 3. The molecule has 198 valence electrons. The van der Waals surface area contributed by atoms with E-state index in [9.17, 15) is 22.8 Å². The van der Waals surface area contributed by atoms with E-state index in [-0.39, 0.29) is 36.8 Å². The molecule has 4 fully saturated rings. The summed E-state index contributed by atoms with van der Waals surface area (Å²) in [6.45, 7) is -0.655. The van der Waals surface area contributed by atoms with E-state index in [2.05, 4.69) is 67.8 Å². The largest absolute Gasteiger partial charge is 0.465 e. The van der Waals surface area contributed by atoms with E-state index in [1.807, 2.05) is 12.1 Å². The molecule has 1 aromatic rings. The van der Waals surface area contributed by atoms with Crippen LogP contribution in [0.15, 0.2) is 12.1 Å². The molecule has 1 N–H and O–H groups in total. The Kier molecular flexibility index (Phi) is 8.84. The average Bonchev–Trinajstić information content (AvgIpc) is 2.74. The van der Waals surface area contributed by atoms with Crippen molar-refractivity contribution >= 4 is 95.8 Å². The van der Waals surface area contributed by atoms with Crippen molar-refractivity contribution in [2.75, 3.05) is 19.0 Å². The third kappa shape index (κ3) is 6.65. The van der Waals surface area contributed by atoms with Crippen LogP contribution in [-0.2, 0) is 33.9 Å². The first-order valence-corrected chi connectivity index (χ1v) is 16.3. The molecule has 0 amide bonds. The van der Waals surface area contributed by atoms with E-state index in [1.54, 1.807) is 0 Å². The molecule has 4 bridgehead atoms. The second-order valence-corrected chi connectivity index (χ2v) is 15.0. The Balaban J connectivity index is 1.39. The van der Waals surface area contributed by atoms with Crippen LogP contribution < -0.4 is 0 Å². The number of ether oxygens (including phenoxy) is 3. The van der Waals surface area contributed by atoms with Gasteiger partial charge in [0, 0.05) is 17.1 Å². The maximum atomic E-state index is 13.3. The normalized spacial score (nSPS) is 28.6. The summed E-state index contributed by atoms with van der Waals surface area (Å²) >= 11 is 6.54. The van der Waals surface area contributed by atoms with Gasteiger partial charge in [-0.1, -0.05) is 0 Å². The topological polar surface area (TPSA) is 133 Å². The van der Waals surface area contributed by atoms with Gasteiger partial charge in [-0.3, -0.25) is 14.1 Å². The van der Waals surface area contributed by atoms with Crippen molar-refractivity contribution in [3.8, 4) is 0 Å². The van der Waals surface area contributed by atoms with Gasteiger partial charge in [0.1, 0.15) is 24.6 Å². The third-order valence-electron chi connectivity index (χ3n) is 7.11. The van der Waals surface area contributed by atoms with Gasteiger partial charge in [0.25, 0.3) is 10.1 Å². The Bertz CT molecular complexity index is 1170. The Morgan fingerprint density at radius 1 is 1.00 bits per heavy atom. The summed E-state index contributed by atoms with van der Waals surface area (Å²) in [6, 6.07) is 3.83. The Hall–Kier alpha value is -0.270. The fraction of sp³-hybridized carbons (Fsp3) is 0.609. The van der Waals surface area contributed by atoms with Gasteiger partial charge in [-0.15, -0.1) is 0 Å². The highest BCUT2D eigenvalue weighted by atomic mass is 127. The van der Waals surface area contributed by atoms with Crippen LogP contribution in [0.25, 0.3) is 0 Å². The minimum absolute atomic E-state index is 0.188. The van der Waals surface area contributed by atoms with E-state index < -0.39 is 39.5 Å². The number of hydrogen-bond donors (Lipinski definition) is 1. The summed E-state index contributed by atoms with van der Waals surface area (Å²) in [6.07, 6.45) is 4.03. The molecular weight excluding hydrogens is 833 g/mol. The van der Waals surface area contributed by atoms with Gasteiger partial charge in [0.05, 0.1) is 17.4 Å². The fourth-order valence-corrected chi connectivity index (χ4v) is 8.88. The molecule has 0 spiro atoms. The second kappa shape index (κ2) is 11.1. The van der Waals surface area contributed by atoms with Crippen molar-refractivity contribution in [3.05, 3.63) is 28.4 Å². The predicted molar refractivity (Wildman–Crippen MR) is 153 cm³/mol. The molecule has 1 aromatic carbocycles.